The van der Waals surface area contributed by atoms with Crippen LogP contribution in [0.5, 0.6) is 0 Å². The van der Waals surface area contributed by atoms with E-state index in [0.717, 1.165) is 23.1 Å². The van der Waals surface area contributed by atoms with E-state index in [1.54, 1.807) is 20.4 Å². The van der Waals surface area contributed by atoms with Crippen LogP contribution in [0.2, 0.25) is 0 Å². The van der Waals surface area contributed by atoms with Gasteiger partial charge < -0.3 is 14.6 Å². The molecule has 1 aromatic carbocycles. The lowest BCUT2D eigenvalue weighted by Gasteiger charge is -2.08. The van der Waals surface area contributed by atoms with Gasteiger partial charge >= 0.3 is 0 Å². The Morgan fingerprint density at radius 1 is 1.23 bits per heavy atom. The molecule has 1 N–H and O–H groups in total. The maximum absolute atomic E-state index is 11.6. The van der Waals surface area contributed by atoms with Crippen LogP contribution in [0.25, 0.3) is 10.9 Å². The number of rotatable bonds is 5. The van der Waals surface area contributed by atoms with E-state index in [0.29, 0.717) is 12.3 Å². The zero-order valence-corrected chi connectivity index (χ0v) is 12.6. The summed E-state index contributed by atoms with van der Waals surface area (Å²) in [6.07, 6.45) is 3.68. The highest BCUT2D eigenvalue weighted by Gasteiger charge is 2.03. The third kappa shape index (κ3) is 2.87. The number of hydrogen-bond donors (Lipinski definition) is 1. The third-order valence-electron chi connectivity index (χ3n) is 3.56. The first-order valence-corrected chi connectivity index (χ1v) is 7.05. The van der Waals surface area contributed by atoms with Gasteiger partial charge in [-0.3, -0.25) is 4.79 Å². The van der Waals surface area contributed by atoms with Gasteiger partial charge in [0, 0.05) is 49.6 Å². The van der Waals surface area contributed by atoms with Gasteiger partial charge in [0.25, 0.3) is 5.56 Å². The molecule has 2 aromatic heterocycles. The SMILES string of the molecule is COCCn1ccc2cc(Nc3cnn(C)c(=O)c3)ccc21. The van der Waals surface area contributed by atoms with Gasteiger partial charge in [-0.05, 0) is 24.3 Å². The molecule has 6 nitrogen and oxygen atoms in total. The van der Waals surface area contributed by atoms with Crippen molar-refractivity contribution in [2.24, 2.45) is 7.05 Å². The molecule has 114 valence electrons. The number of fused-ring (bicyclic) bond motifs is 1. The van der Waals surface area contributed by atoms with Gasteiger partial charge in [0.1, 0.15) is 0 Å². The Bertz CT molecular complexity index is 851. The molecule has 0 aliphatic carbocycles. The van der Waals surface area contributed by atoms with E-state index >= 15 is 0 Å². The Hall–Kier alpha value is -2.60. The second-order valence-corrected chi connectivity index (χ2v) is 5.11. The first-order valence-electron chi connectivity index (χ1n) is 7.05. The van der Waals surface area contributed by atoms with Gasteiger partial charge in [-0.15, -0.1) is 0 Å². The largest absolute Gasteiger partial charge is 0.383 e. The number of nitrogens with one attached hydrogen (secondary N) is 1. The summed E-state index contributed by atoms with van der Waals surface area (Å²) in [5.41, 5.74) is 2.62. The van der Waals surface area contributed by atoms with Gasteiger partial charge in [-0.1, -0.05) is 0 Å². The highest BCUT2D eigenvalue weighted by atomic mass is 16.5. The van der Waals surface area contributed by atoms with Crippen LogP contribution in [-0.4, -0.2) is 28.1 Å². The number of hydrogen-bond acceptors (Lipinski definition) is 4. The molecule has 0 radical (unpaired) electrons. The fraction of sp³-hybridized carbons (Fsp3) is 0.250. The predicted octanol–water partition coefficient (Wildman–Crippen LogP) is 2.12. The fourth-order valence-corrected chi connectivity index (χ4v) is 2.37. The zero-order chi connectivity index (χ0) is 15.5. The van der Waals surface area contributed by atoms with Gasteiger partial charge in [0.2, 0.25) is 0 Å². The molecular formula is C16H18N4O2. The molecule has 0 amide bonds. The molecule has 2 heterocycles. The average molecular weight is 298 g/mol. The second kappa shape index (κ2) is 6.03. The first kappa shape index (κ1) is 14.3. The molecule has 0 atom stereocenters. The average Bonchev–Trinajstić information content (AvgIpc) is 2.91. The minimum Gasteiger partial charge on any atom is -0.383 e. The van der Waals surface area contributed by atoms with E-state index in [4.69, 9.17) is 4.74 Å². The molecule has 0 unspecified atom stereocenters. The van der Waals surface area contributed by atoms with E-state index in [9.17, 15) is 4.79 Å². The molecule has 3 rings (SSSR count). The molecule has 0 saturated carbocycles. The molecule has 3 aromatic rings. The fourth-order valence-electron chi connectivity index (χ4n) is 2.37. The Kier molecular flexibility index (Phi) is 3.93. The van der Waals surface area contributed by atoms with Crippen LogP contribution in [0.1, 0.15) is 0 Å². The zero-order valence-electron chi connectivity index (χ0n) is 12.6. The highest BCUT2D eigenvalue weighted by Crippen LogP contribution is 2.22. The summed E-state index contributed by atoms with van der Waals surface area (Å²) < 4.78 is 8.57. The van der Waals surface area contributed by atoms with Crippen molar-refractivity contribution in [3.63, 3.8) is 0 Å². The Labute approximate surface area is 127 Å². The maximum Gasteiger partial charge on any atom is 0.268 e. The summed E-state index contributed by atoms with van der Waals surface area (Å²) in [7, 11) is 3.33. The second-order valence-electron chi connectivity index (χ2n) is 5.11. The summed E-state index contributed by atoms with van der Waals surface area (Å²) in [4.78, 5) is 11.6. The van der Waals surface area contributed by atoms with E-state index < -0.39 is 0 Å². The predicted molar refractivity (Wildman–Crippen MR) is 86.6 cm³/mol. The number of nitrogens with zero attached hydrogens (tertiary/aromatic N) is 3. The summed E-state index contributed by atoms with van der Waals surface area (Å²) >= 11 is 0. The standard InChI is InChI=1S/C16H18N4O2/c1-19-16(21)10-14(11-17-19)18-13-3-4-15-12(9-13)5-6-20(15)7-8-22-2/h3-6,9-11,18H,7-8H2,1-2H3. The van der Waals surface area contributed by atoms with Crippen LogP contribution in [0.4, 0.5) is 11.4 Å². The molecule has 0 fully saturated rings. The van der Waals surface area contributed by atoms with Crippen molar-refractivity contribution in [3.05, 3.63) is 53.1 Å². The molecule has 0 aliphatic heterocycles. The molecule has 0 spiro atoms. The molecule has 0 aliphatic rings. The van der Waals surface area contributed by atoms with Crippen LogP contribution in [0.3, 0.4) is 0 Å². The minimum atomic E-state index is -0.142. The van der Waals surface area contributed by atoms with Gasteiger partial charge in [0.05, 0.1) is 18.5 Å². The number of methoxy groups -OCH3 is 1. The lowest BCUT2D eigenvalue weighted by Crippen LogP contribution is -2.18. The smallest absolute Gasteiger partial charge is 0.268 e. The van der Waals surface area contributed by atoms with Crippen molar-refractivity contribution in [1.29, 1.82) is 0 Å². The van der Waals surface area contributed by atoms with Crippen LogP contribution in [-0.2, 0) is 18.3 Å². The van der Waals surface area contributed by atoms with Crippen LogP contribution < -0.4 is 10.9 Å². The molecule has 0 saturated heterocycles. The number of ether oxygens (including phenoxy) is 1. The quantitative estimate of drug-likeness (QED) is 0.784. The van der Waals surface area contributed by atoms with Crippen molar-refractivity contribution in [2.75, 3.05) is 19.0 Å². The van der Waals surface area contributed by atoms with Crippen molar-refractivity contribution >= 4 is 22.3 Å². The van der Waals surface area contributed by atoms with E-state index in [-0.39, 0.29) is 5.56 Å². The molecule has 22 heavy (non-hydrogen) atoms. The molecular weight excluding hydrogens is 280 g/mol. The number of aryl methyl sites for hydroxylation is 1. The first-order chi connectivity index (χ1) is 10.7. The maximum atomic E-state index is 11.6. The normalized spacial score (nSPS) is 11.0. The van der Waals surface area contributed by atoms with Gasteiger partial charge in [0.15, 0.2) is 0 Å². The molecule has 6 heteroatoms. The Balaban J connectivity index is 1.85. The Morgan fingerprint density at radius 3 is 2.86 bits per heavy atom. The summed E-state index contributed by atoms with van der Waals surface area (Å²) in [5, 5.41) is 8.34. The summed E-state index contributed by atoms with van der Waals surface area (Å²) in [6.45, 7) is 1.51. The van der Waals surface area contributed by atoms with E-state index in [1.165, 1.54) is 10.7 Å². The lowest BCUT2D eigenvalue weighted by atomic mass is 10.2. The number of benzene rings is 1. The van der Waals surface area contributed by atoms with Gasteiger partial charge in [-0.25, -0.2) is 4.68 Å². The highest BCUT2D eigenvalue weighted by molar-refractivity contribution is 5.84. The summed E-state index contributed by atoms with van der Waals surface area (Å²) in [6, 6.07) is 9.69. The van der Waals surface area contributed by atoms with Crippen LogP contribution >= 0.6 is 0 Å². The van der Waals surface area contributed by atoms with Crippen molar-refractivity contribution in [2.45, 2.75) is 6.54 Å². The third-order valence-corrected chi connectivity index (χ3v) is 3.56. The van der Waals surface area contributed by atoms with Gasteiger partial charge in [-0.2, -0.15) is 5.10 Å². The molecule has 0 bridgehead atoms. The lowest BCUT2D eigenvalue weighted by molar-refractivity contribution is 0.188. The van der Waals surface area contributed by atoms with E-state index in [2.05, 4.69) is 33.2 Å². The Morgan fingerprint density at radius 2 is 2.09 bits per heavy atom. The van der Waals surface area contributed by atoms with Crippen molar-refractivity contribution in [3.8, 4) is 0 Å². The van der Waals surface area contributed by atoms with Crippen LogP contribution in [0, 0.1) is 0 Å². The monoisotopic (exact) mass is 298 g/mol. The minimum absolute atomic E-state index is 0.142. The van der Waals surface area contributed by atoms with Crippen LogP contribution in [0.15, 0.2) is 47.5 Å². The summed E-state index contributed by atoms with van der Waals surface area (Å²) in [5.74, 6) is 0. The van der Waals surface area contributed by atoms with Crippen molar-refractivity contribution < 1.29 is 4.74 Å². The van der Waals surface area contributed by atoms with E-state index in [1.807, 2.05) is 12.3 Å². The topological polar surface area (TPSA) is 61.1 Å². The van der Waals surface area contributed by atoms with Crippen molar-refractivity contribution in [1.82, 2.24) is 14.3 Å². The number of aromatic nitrogens is 3. The number of anilines is 2.